The number of rotatable bonds is 4. The van der Waals surface area contributed by atoms with Crippen molar-refractivity contribution in [1.82, 2.24) is 15.0 Å². The molecular formula is C22H16Cl2N4O. The summed E-state index contributed by atoms with van der Waals surface area (Å²) in [6.45, 7) is 1.80. The second-order valence-electron chi connectivity index (χ2n) is 6.47. The highest BCUT2D eigenvalue weighted by Gasteiger charge is 2.14. The van der Waals surface area contributed by atoms with Gasteiger partial charge in [0, 0.05) is 23.1 Å². The molecule has 0 bridgehead atoms. The molecule has 4 rings (SSSR count). The summed E-state index contributed by atoms with van der Waals surface area (Å²) in [5, 5.41) is 3.67. The first kappa shape index (κ1) is 19.2. The van der Waals surface area contributed by atoms with Gasteiger partial charge in [0.1, 0.15) is 5.82 Å². The van der Waals surface area contributed by atoms with Crippen LogP contribution in [0.25, 0.3) is 22.6 Å². The maximum atomic E-state index is 12.6. The normalized spacial score (nSPS) is 10.7. The van der Waals surface area contributed by atoms with E-state index in [1.807, 2.05) is 30.3 Å². The Balaban J connectivity index is 1.62. The van der Waals surface area contributed by atoms with Crippen LogP contribution in [0.1, 0.15) is 16.1 Å². The number of pyridine rings is 1. The first-order chi connectivity index (χ1) is 14.0. The SMILES string of the molecule is Cc1cc(C(=O)Nc2ccc(Cl)c(-c3ncc(-c4ccccc4)[nH]3)c2)c(Cl)cn1. The van der Waals surface area contributed by atoms with Gasteiger partial charge in [-0.1, -0.05) is 53.5 Å². The molecule has 0 radical (unpaired) electrons. The standard InChI is InChI=1S/C22H16Cl2N4O/c1-13-9-17(19(24)11-25-13)22(29)27-15-7-8-18(23)16(10-15)21-26-12-20(28-21)14-5-3-2-4-6-14/h2-12H,1H3,(H,26,28)(H,27,29). The molecule has 0 aliphatic heterocycles. The number of hydrogen-bond donors (Lipinski definition) is 2. The largest absolute Gasteiger partial charge is 0.338 e. The maximum Gasteiger partial charge on any atom is 0.257 e. The molecule has 2 heterocycles. The molecule has 2 N–H and O–H groups in total. The fourth-order valence-electron chi connectivity index (χ4n) is 2.92. The molecule has 144 valence electrons. The summed E-state index contributed by atoms with van der Waals surface area (Å²) in [7, 11) is 0. The third kappa shape index (κ3) is 4.16. The van der Waals surface area contributed by atoms with E-state index < -0.39 is 0 Å². The summed E-state index contributed by atoms with van der Waals surface area (Å²) in [5.74, 6) is 0.293. The Labute approximate surface area is 177 Å². The van der Waals surface area contributed by atoms with Crippen molar-refractivity contribution in [3.8, 4) is 22.6 Å². The van der Waals surface area contributed by atoms with E-state index in [0.29, 0.717) is 38.4 Å². The molecule has 7 heteroatoms. The zero-order valence-corrected chi connectivity index (χ0v) is 16.9. The highest BCUT2D eigenvalue weighted by Crippen LogP contribution is 2.30. The van der Waals surface area contributed by atoms with Crippen LogP contribution >= 0.6 is 23.2 Å². The molecule has 2 aromatic carbocycles. The molecule has 5 nitrogen and oxygen atoms in total. The van der Waals surface area contributed by atoms with E-state index in [-0.39, 0.29) is 5.91 Å². The van der Waals surface area contributed by atoms with Gasteiger partial charge < -0.3 is 10.3 Å². The zero-order valence-electron chi connectivity index (χ0n) is 15.4. The van der Waals surface area contributed by atoms with Gasteiger partial charge in [-0.05, 0) is 36.8 Å². The number of halogens is 2. The van der Waals surface area contributed by atoms with Gasteiger partial charge in [-0.2, -0.15) is 0 Å². The predicted molar refractivity (Wildman–Crippen MR) is 116 cm³/mol. The molecule has 4 aromatic rings. The van der Waals surface area contributed by atoms with Crippen molar-refractivity contribution in [2.24, 2.45) is 0 Å². The number of nitrogens with zero attached hydrogens (tertiary/aromatic N) is 2. The van der Waals surface area contributed by atoms with E-state index in [9.17, 15) is 4.79 Å². The van der Waals surface area contributed by atoms with E-state index in [2.05, 4.69) is 20.3 Å². The summed E-state index contributed by atoms with van der Waals surface area (Å²) < 4.78 is 0. The lowest BCUT2D eigenvalue weighted by molar-refractivity contribution is 0.102. The van der Waals surface area contributed by atoms with E-state index in [1.165, 1.54) is 6.20 Å². The topological polar surface area (TPSA) is 70.7 Å². The van der Waals surface area contributed by atoms with Gasteiger partial charge in [0.15, 0.2) is 0 Å². The Bertz CT molecular complexity index is 1190. The van der Waals surface area contributed by atoms with Gasteiger partial charge in [-0.25, -0.2) is 4.98 Å². The number of aromatic nitrogens is 3. The Kier molecular flexibility index (Phi) is 5.34. The third-order valence-electron chi connectivity index (χ3n) is 4.38. The van der Waals surface area contributed by atoms with Crippen LogP contribution in [0.15, 0.2) is 67.0 Å². The molecule has 0 unspecified atom stereocenters. The van der Waals surface area contributed by atoms with Crippen LogP contribution in [-0.4, -0.2) is 20.9 Å². The van der Waals surface area contributed by atoms with Crippen LogP contribution in [0.4, 0.5) is 5.69 Å². The summed E-state index contributed by atoms with van der Waals surface area (Å²) in [6.07, 6.45) is 3.22. The number of anilines is 1. The van der Waals surface area contributed by atoms with Crippen molar-refractivity contribution < 1.29 is 4.79 Å². The third-order valence-corrected chi connectivity index (χ3v) is 5.01. The van der Waals surface area contributed by atoms with Crippen LogP contribution in [-0.2, 0) is 0 Å². The predicted octanol–water partition coefficient (Wildman–Crippen LogP) is 6.01. The van der Waals surface area contributed by atoms with E-state index in [0.717, 1.165) is 11.3 Å². The fourth-order valence-corrected chi connectivity index (χ4v) is 3.32. The molecule has 0 fully saturated rings. The molecule has 0 saturated heterocycles. The summed E-state index contributed by atoms with van der Waals surface area (Å²) in [6, 6.07) is 16.7. The highest BCUT2D eigenvalue weighted by molar-refractivity contribution is 6.34. The molecular weight excluding hydrogens is 407 g/mol. The smallest absolute Gasteiger partial charge is 0.257 e. The number of imidazole rings is 1. The number of carbonyl (C=O) groups excluding carboxylic acids is 1. The van der Waals surface area contributed by atoms with Crippen LogP contribution in [0, 0.1) is 6.92 Å². The average molecular weight is 423 g/mol. The van der Waals surface area contributed by atoms with E-state index in [4.69, 9.17) is 23.2 Å². The van der Waals surface area contributed by atoms with Crippen molar-refractivity contribution in [3.05, 3.63) is 88.3 Å². The Hall–Kier alpha value is -3.15. The Morgan fingerprint density at radius 2 is 1.76 bits per heavy atom. The van der Waals surface area contributed by atoms with Crippen molar-refractivity contribution in [1.29, 1.82) is 0 Å². The Morgan fingerprint density at radius 3 is 2.55 bits per heavy atom. The number of hydrogen-bond acceptors (Lipinski definition) is 3. The molecule has 1 amide bonds. The number of nitrogens with one attached hydrogen (secondary N) is 2. The van der Waals surface area contributed by atoms with Crippen LogP contribution in [0.5, 0.6) is 0 Å². The molecule has 0 aliphatic carbocycles. The number of benzene rings is 2. The summed E-state index contributed by atoms with van der Waals surface area (Å²) in [5.41, 5.74) is 4.24. The minimum absolute atomic E-state index is 0.292. The number of aryl methyl sites for hydroxylation is 1. The first-order valence-electron chi connectivity index (χ1n) is 8.85. The number of aromatic amines is 1. The van der Waals surface area contributed by atoms with Crippen molar-refractivity contribution in [3.63, 3.8) is 0 Å². The van der Waals surface area contributed by atoms with E-state index in [1.54, 1.807) is 37.4 Å². The van der Waals surface area contributed by atoms with E-state index >= 15 is 0 Å². The lowest BCUT2D eigenvalue weighted by atomic mass is 10.1. The fraction of sp³-hybridized carbons (Fsp3) is 0.0455. The lowest BCUT2D eigenvalue weighted by Gasteiger charge is -2.09. The van der Waals surface area contributed by atoms with Gasteiger partial charge in [0.2, 0.25) is 0 Å². The molecule has 0 aliphatic rings. The average Bonchev–Trinajstić information content (AvgIpc) is 3.22. The number of amides is 1. The van der Waals surface area contributed by atoms with Gasteiger partial charge in [0.25, 0.3) is 5.91 Å². The highest BCUT2D eigenvalue weighted by atomic mass is 35.5. The van der Waals surface area contributed by atoms with Crippen molar-refractivity contribution >= 4 is 34.8 Å². The maximum absolute atomic E-state index is 12.6. The van der Waals surface area contributed by atoms with Crippen LogP contribution in [0.2, 0.25) is 10.0 Å². The van der Waals surface area contributed by atoms with Crippen molar-refractivity contribution in [2.45, 2.75) is 6.92 Å². The second kappa shape index (κ2) is 8.07. The molecule has 0 atom stereocenters. The number of carbonyl (C=O) groups is 1. The molecule has 2 aromatic heterocycles. The first-order valence-corrected chi connectivity index (χ1v) is 9.61. The van der Waals surface area contributed by atoms with Gasteiger partial charge in [-0.15, -0.1) is 0 Å². The van der Waals surface area contributed by atoms with Gasteiger partial charge in [0.05, 0.1) is 27.5 Å². The number of H-pyrrole nitrogens is 1. The molecule has 29 heavy (non-hydrogen) atoms. The minimum Gasteiger partial charge on any atom is -0.338 e. The minimum atomic E-state index is -0.321. The monoisotopic (exact) mass is 422 g/mol. The van der Waals surface area contributed by atoms with Crippen molar-refractivity contribution in [2.75, 3.05) is 5.32 Å². The quantitative estimate of drug-likeness (QED) is 0.423. The summed E-state index contributed by atoms with van der Waals surface area (Å²) in [4.78, 5) is 24.4. The van der Waals surface area contributed by atoms with Gasteiger partial charge in [-0.3, -0.25) is 9.78 Å². The second-order valence-corrected chi connectivity index (χ2v) is 7.28. The van der Waals surface area contributed by atoms with Crippen LogP contribution < -0.4 is 5.32 Å². The van der Waals surface area contributed by atoms with Crippen LogP contribution in [0.3, 0.4) is 0 Å². The lowest BCUT2D eigenvalue weighted by Crippen LogP contribution is -2.13. The zero-order chi connectivity index (χ0) is 20.4. The molecule has 0 spiro atoms. The molecule has 0 saturated carbocycles. The summed E-state index contributed by atoms with van der Waals surface area (Å²) >= 11 is 12.5. The Morgan fingerprint density at radius 1 is 0.966 bits per heavy atom. The van der Waals surface area contributed by atoms with Gasteiger partial charge >= 0.3 is 0 Å².